The first kappa shape index (κ1) is 18.7. The smallest absolute Gasteiger partial charge is 0.387 e. The molecule has 2 N–H and O–H groups in total. The van der Waals surface area contributed by atoms with Gasteiger partial charge in [0.2, 0.25) is 5.91 Å². The third-order valence-electron chi connectivity index (χ3n) is 3.83. The molecule has 0 radical (unpaired) electrons. The molecule has 2 heterocycles. The number of morpholine rings is 1. The Morgan fingerprint density at radius 1 is 1.46 bits per heavy atom. The van der Waals surface area contributed by atoms with Crippen LogP contribution in [0.25, 0.3) is 11.3 Å². The van der Waals surface area contributed by atoms with Crippen molar-refractivity contribution in [1.29, 1.82) is 0 Å². The zero-order chi connectivity index (χ0) is 18.5. The summed E-state index contributed by atoms with van der Waals surface area (Å²) in [6, 6.07) is 6.26. The van der Waals surface area contributed by atoms with Gasteiger partial charge < -0.3 is 20.1 Å². The van der Waals surface area contributed by atoms with Crippen LogP contribution in [-0.2, 0) is 9.53 Å². The Hall–Kier alpha value is -2.10. The Balaban J connectivity index is 1.63. The number of aromatic nitrogens is 1. The van der Waals surface area contributed by atoms with Gasteiger partial charge in [0.1, 0.15) is 5.75 Å². The molecule has 1 saturated heterocycles. The van der Waals surface area contributed by atoms with Gasteiger partial charge in [0.25, 0.3) is 0 Å². The normalized spacial score (nSPS) is 17.3. The Kier molecular flexibility index (Phi) is 6.12. The van der Waals surface area contributed by atoms with Crippen LogP contribution in [-0.4, -0.2) is 43.3 Å². The first-order valence-electron chi connectivity index (χ1n) is 8.15. The lowest BCUT2D eigenvalue weighted by Crippen LogP contribution is -2.43. The zero-order valence-electron chi connectivity index (χ0n) is 14.1. The van der Waals surface area contributed by atoms with Gasteiger partial charge in [-0.15, -0.1) is 11.3 Å². The van der Waals surface area contributed by atoms with E-state index in [0.717, 1.165) is 17.0 Å². The Labute approximate surface area is 153 Å². The second-order valence-corrected chi connectivity index (χ2v) is 7.01. The van der Waals surface area contributed by atoms with Gasteiger partial charge in [-0.25, -0.2) is 4.98 Å². The second-order valence-electron chi connectivity index (χ2n) is 5.80. The lowest BCUT2D eigenvalue weighted by Gasteiger charge is -2.22. The number of nitrogens with zero attached hydrogens (tertiary/aromatic N) is 1. The summed E-state index contributed by atoms with van der Waals surface area (Å²) in [6.07, 6.45) is 0.313. The maximum Gasteiger partial charge on any atom is 0.387 e. The minimum atomic E-state index is -2.85. The van der Waals surface area contributed by atoms with E-state index in [1.54, 1.807) is 12.1 Å². The molecule has 26 heavy (non-hydrogen) atoms. The van der Waals surface area contributed by atoms with Gasteiger partial charge in [-0.3, -0.25) is 4.79 Å². The zero-order valence-corrected chi connectivity index (χ0v) is 14.9. The molecule has 0 saturated carbocycles. The molecule has 3 rings (SSSR count). The minimum Gasteiger partial charge on any atom is -0.435 e. The van der Waals surface area contributed by atoms with Crippen LogP contribution >= 0.6 is 11.3 Å². The third-order valence-corrected chi connectivity index (χ3v) is 4.71. The highest BCUT2D eigenvalue weighted by Gasteiger charge is 2.18. The van der Waals surface area contributed by atoms with Gasteiger partial charge >= 0.3 is 6.61 Å². The number of carbonyl (C=O) groups excluding carboxylic acids is 1. The van der Waals surface area contributed by atoms with Crippen LogP contribution in [0, 0.1) is 6.92 Å². The minimum absolute atomic E-state index is 0.00617. The fourth-order valence-electron chi connectivity index (χ4n) is 2.66. The highest BCUT2D eigenvalue weighted by molar-refractivity contribution is 7.16. The topological polar surface area (TPSA) is 72.5 Å². The summed E-state index contributed by atoms with van der Waals surface area (Å²) in [5, 5.41) is 6.54. The summed E-state index contributed by atoms with van der Waals surface area (Å²) in [7, 11) is 0. The van der Waals surface area contributed by atoms with E-state index >= 15 is 0 Å². The van der Waals surface area contributed by atoms with Crippen molar-refractivity contribution < 1.29 is 23.0 Å². The van der Waals surface area contributed by atoms with Crippen LogP contribution in [0.3, 0.4) is 0 Å². The fourth-order valence-corrected chi connectivity index (χ4v) is 3.51. The number of benzene rings is 1. The van der Waals surface area contributed by atoms with Crippen LogP contribution in [0.15, 0.2) is 24.3 Å². The first-order valence-corrected chi connectivity index (χ1v) is 8.96. The predicted octanol–water partition coefficient (Wildman–Crippen LogP) is 3.04. The number of alkyl halides is 2. The molecule has 2 aromatic rings. The molecule has 1 aromatic carbocycles. The molecule has 140 valence electrons. The van der Waals surface area contributed by atoms with Crippen molar-refractivity contribution in [3.63, 3.8) is 0 Å². The van der Waals surface area contributed by atoms with E-state index < -0.39 is 6.61 Å². The largest absolute Gasteiger partial charge is 0.435 e. The van der Waals surface area contributed by atoms with Crippen LogP contribution < -0.4 is 15.4 Å². The Morgan fingerprint density at radius 3 is 2.88 bits per heavy atom. The number of halogens is 2. The quantitative estimate of drug-likeness (QED) is 0.802. The van der Waals surface area contributed by atoms with Crippen molar-refractivity contribution >= 4 is 22.4 Å². The lowest BCUT2D eigenvalue weighted by atomic mass is 10.1. The molecule has 1 aliphatic heterocycles. The van der Waals surface area contributed by atoms with Crippen molar-refractivity contribution in [2.75, 3.05) is 25.1 Å². The number of thiazole rings is 1. The van der Waals surface area contributed by atoms with Gasteiger partial charge in [0.05, 0.1) is 18.9 Å². The van der Waals surface area contributed by atoms with Gasteiger partial charge in [0, 0.05) is 29.4 Å². The first-order chi connectivity index (χ1) is 12.5. The molecule has 1 amide bonds. The Bertz CT molecular complexity index is 746. The molecule has 1 atom stereocenters. The summed E-state index contributed by atoms with van der Waals surface area (Å²) in [6.45, 7) is 0.955. The third kappa shape index (κ3) is 4.96. The SMILES string of the molecule is Cc1sc(NC(=O)CC2COCCN2)nc1-c1ccc(OC(F)F)cc1. The van der Waals surface area contributed by atoms with Crippen LogP contribution in [0.2, 0.25) is 0 Å². The number of anilines is 1. The van der Waals surface area contributed by atoms with Crippen LogP contribution in [0.1, 0.15) is 11.3 Å². The molecular formula is C17H19F2N3O3S. The maximum absolute atomic E-state index is 12.2. The highest BCUT2D eigenvalue weighted by Crippen LogP contribution is 2.31. The van der Waals surface area contributed by atoms with Crippen LogP contribution in [0.5, 0.6) is 5.75 Å². The summed E-state index contributed by atoms with van der Waals surface area (Å²) in [5.74, 6) is -0.0404. The van der Waals surface area contributed by atoms with Crippen molar-refractivity contribution in [3.05, 3.63) is 29.1 Å². The van der Waals surface area contributed by atoms with E-state index in [2.05, 4.69) is 20.4 Å². The average Bonchev–Trinajstić information content (AvgIpc) is 2.96. The van der Waals surface area contributed by atoms with E-state index in [9.17, 15) is 13.6 Å². The van der Waals surface area contributed by atoms with Crippen molar-refractivity contribution in [1.82, 2.24) is 10.3 Å². The van der Waals surface area contributed by atoms with E-state index in [1.807, 2.05) is 6.92 Å². The number of amides is 1. The standard InChI is InChI=1S/C17H19F2N3O3S/c1-10-15(11-2-4-13(5-3-11)25-16(18)19)22-17(26-10)21-14(23)8-12-9-24-7-6-20-12/h2-5,12,16,20H,6-9H2,1H3,(H,21,22,23). The molecule has 1 aliphatic rings. The van der Waals surface area contributed by atoms with Gasteiger partial charge in [-0.05, 0) is 31.2 Å². The number of ether oxygens (including phenoxy) is 2. The van der Waals surface area contributed by atoms with Crippen LogP contribution in [0.4, 0.5) is 13.9 Å². The predicted molar refractivity (Wildman–Crippen MR) is 94.8 cm³/mol. The highest BCUT2D eigenvalue weighted by atomic mass is 32.1. The molecule has 1 unspecified atom stereocenters. The van der Waals surface area contributed by atoms with E-state index in [0.29, 0.717) is 30.5 Å². The maximum atomic E-state index is 12.2. The van der Waals surface area contributed by atoms with E-state index in [1.165, 1.54) is 23.5 Å². The summed E-state index contributed by atoms with van der Waals surface area (Å²) in [5.41, 5.74) is 1.47. The summed E-state index contributed by atoms with van der Waals surface area (Å²) in [4.78, 5) is 17.5. The number of aryl methyl sites for hydroxylation is 1. The number of hydrogen-bond acceptors (Lipinski definition) is 6. The second kappa shape index (κ2) is 8.52. The summed E-state index contributed by atoms with van der Waals surface area (Å²) >= 11 is 1.37. The molecule has 6 nitrogen and oxygen atoms in total. The molecule has 9 heteroatoms. The average molecular weight is 383 g/mol. The number of rotatable bonds is 6. The lowest BCUT2D eigenvalue weighted by molar-refractivity contribution is -0.117. The molecule has 0 aliphatic carbocycles. The Morgan fingerprint density at radius 2 is 2.23 bits per heavy atom. The van der Waals surface area contributed by atoms with E-state index in [-0.39, 0.29) is 17.7 Å². The number of nitrogens with one attached hydrogen (secondary N) is 2. The molecule has 0 bridgehead atoms. The van der Waals surface area contributed by atoms with Crippen molar-refractivity contribution in [2.24, 2.45) is 0 Å². The monoisotopic (exact) mass is 383 g/mol. The molecular weight excluding hydrogens is 364 g/mol. The molecule has 1 fully saturated rings. The van der Waals surface area contributed by atoms with E-state index in [4.69, 9.17) is 4.74 Å². The van der Waals surface area contributed by atoms with Crippen molar-refractivity contribution in [3.8, 4) is 17.0 Å². The fraction of sp³-hybridized carbons (Fsp3) is 0.412. The van der Waals surface area contributed by atoms with Gasteiger partial charge in [-0.2, -0.15) is 8.78 Å². The number of carbonyl (C=O) groups is 1. The van der Waals surface area contributed by atoms with Crippen molar-refractivity contribution in [2.45, 2.75) is 26.0 Å². The van der Waals surface area contributed by atoms with Gasteiger partial charge in [-0.1, -0.05) is 0 Å². The molecule has 0 spiro atoms. The van der Waals surface area contributed by atoms with Gasteiger partial charge in [0.15, 0.2) is 5.13 Å². The number of hydrogen-bond donors (Lipinski definition) is 2. The summed E-state index contributed by atoms with van der Waals surface area (Å²) < 4.78 is 34.1. The molecule has 1 aromatic heterocycles.